The number of nitrogens with one attached hydrogen (secondary N) is 1. The molecule has 2 aromatic rings. The summed E-state index contributed by atoms with van der Waals surface area (Å²) in [5.41, 5.74) is 1.77. The van der Waals surface area contributed by atoms with E-state index >= 15 is 0 Å². The van der Waals surface area contributed by atoms with Crippen LogP contribution in [0.4, 0.5) is 0 Å². The number of aryl methyl sites for hydroxylation is 1. The van der Waals surface area contributed by atoms with Gasteiger partial charge in [-0.25, -0.2) is 4.98 Å². The molecule has 4 nitrogen and oxygen atoms in total. The monoisotopic (exact) mass is 322 g/mol. The minimum absolute atomic E-state index is 0.127. The quantitative estimate of drug-likeness (QED) is 0.861. The van der Waals surface area contributed by atoms with E-state index in [0.717, 1.165) is 23.1 Å². The first-order chi connectivity index (χ1) is 9.22. The molecule has 1 aromatic heterocycles. The average molecular weight is 323 g/mol. The second-order valence-electron chi connectivity index (χ2n) is 4.09. The Morgan fingerprint density at radius 3 is 2.68 bits per heavy atom. The number of halogens is 1. The van der Waals surface area contributed by atoms with Crippen LogP contribution in [0, 0.1) is 0 Å². The SMILES string of the molecule is CCc1cnc(CNC(=O)c2ccc(CBr)cc2)o1. The van der Waals surface area contributed by atoms with Crippen LogP contribution in [0.25, 0.3) is 0 Å². The molecular weight excluding hydrogens is 308 g/mol. The molecule has 0 atom stereocenters. The highest BCUT2D eigenvalue weighted by atomic mass is 79.9. The van der Waals surface area contributed by atoms with Crippen LogP contribution in [-0.4, -0.2) is 10.9 Å². The molecule has 1 aromatic carbocycles. The number of oxazole rings is 1. The maximum absolute atomic E-state index is 11.9. The molecule has 0 aliphatic rings. The van der Waals surface area contributed by atoms with Crippen LogP contribution in [0.1, 0.15) is 34.5 Å². The van der Waals surface area contributed by atoms with Gasteiger partial charge in [0.2, 0.25) is 5.89 Å². The van der Waals surface area contributed by atoms with E-state index in [9.17, 15) is 4.79 Å². The summed E-state index contributed by atoms with van der Waals surface area (Å²) >= 11 is 3.37. The van der Waals surface area contributed by atoms with Crippen LogP contribution in [0.2, 0.25) is 0 Å². The van der Waals surface area contributed by atoms with E-state index in [-0.39, 0.29) is 5.91 Å². The molecule has 0 saturated heterocycles. The van der Waals surface area contributed by atoms with Gasteiger partial charge in [0.05, 0.1) is 12.7 Å². The third kappa shape index (κ3) is 3.67. The molecule has 1 N–H and O–H groups in total. The first kappa shape index (κ1) is 13.8. The Kier molecular flexibility index (Phi) is 4.74. The van der Waals surface area contributed by atoms with Crippen LogP contribution in [0.15, 0.2) is 34.9 Å². The second kappa shape index (κ2) is 6.52. The van der Waals surface area contributed by atoms with Crippen molar-refractivity contribution in [1.82, 2.24) is 10.3 Å². The van der Waals surface area contributed by atoms with Gasteiger partial charge < -0.3 is 9.73 Å². The Balaban J connectivity index is 1.93. The zero-order valence-electron chi connectivity index (χ0n) is 10.6. The third-order valence-electron chi connectivity index (χ3n) is 2.72. The number of amides is 1. The van der Waals surface area contributed by atoms with Crippen LogP contribution in [0.3, 0.4) is 0 Å². The van der Waals surface area contributed by atoms with Gasteiger partial charge in [0, 0.05) is 17.3 Å². The van der Waals surface area contributed by atoms with E-state index in [1.807, 2.05) is 19.1 Å². The molecule has 1 amide bonds. The van der Waals surface area contributed by atoms with E-state index in [1.54, 1.807) is 18.3 Å². The fraction of sp³-hybridized carbons (Fsp3) is 0.286. The highest BCUT2D eigenvalue weighted by molar-refractivity contribution is 9.08. The lowest BCUT2D eigenvalue weighted by atomic mass is 10.1. The lowest BCUT2D eigenvalue weighted by Gasteiger charge is -2.03. The molecule has 0 aliphatic carbocycles. The van der Waals surface area contributed by atoms with Crippen LogP contribution < -0.4 is 5.32 Å². The van der Waals surface area contributed by atoms with Crippen molar-refractivity contribution in [2.75, 3.05) is 0 Å². The average Bonchev–Trinajstić information content (AvgIpc) is 2.93. The topological polar surface area (TPSA) is 55.1 Å². The maximum Gasteiger partial charge on any atom is 0.251 e. The number of hydrogen-bond acceptors (Lipinski definition) is 3. The molecule has 0 unspecified atom stereocenters. The molecule has 19 heavy (non-hydrogen) atoms. The number of carbonyl (C=O) groups excluding carboxylic acids is 1. The lowest BCUT2D eigenvalue weighted by molar-refractivity contribution is 0.0947. The minimum Gasteiger partial charge on any atom is -0.444 e. The van der Waals surface area contributed by atoms with Crippen molar-refractivity contribution >= 4 is 21.8 Å². The summed E-state index contributed by atoms with van der Waals surface area (Å²) in [6.45, 7) is 2.30. The molecule has 0 spiro atoms. The first-order valence-electron chi connectivity index (χ1n) is 6.09. The van der Waals surface area contributed by atoms with Crippen molar-refractivity contribution in [2.45, 2.75) is 25.2 Å². The van der Waals surface area contributed by atoms with Crippen LogP contribution in [-0.2, 0) is 18.3 Å². The summed E-state index contributed by atoms with van der Waals surface area (Å²) in [4.78, 5) is 16.0. The summed E-state index contributed by atoms with van der Waals surface area (Å²) in [6, 6.07) is 7.45. The van der Waals surface area contributed by atoms with Gasteiger partial charge in [0.1, 0.15) is 5.76 Å². The molecule has 0 radical (unpaired) electrons. The predicted octanol–water partition coefficient (Wildman–Crippen LogP) is 3.06. The lowest BCUT2D eigenvalue weighted by Crippen LogP contribution is -2.22. The van der Waals surface area contributed by atoms with Crippen molar-refractivity contribution in [3.63, 3.8) is 0 Å². The van der Waals surface area contributed by atoms with E-state index in [4.69, 9.17) is 4.42 Å². The van der Waals surface area contributed by atoms with Gasteiger partial charge >= 0.3 is 0 Å². The molecule has 0 saturated carbocycles. The normalized spacial score (nSPS) is 10.4. The first-order valence-corrected chi connectivity index (χ1v) is 7.21. The number of nitrogens with zero attached hydrogens (tertiary/aromatic N) is 1. The van der Waals surface area contributed by atoms with E-state index in [1.165, 1.54) is 0 Å². The molecule has 1 heterocycles. The van der Waals surface area contributed by atoms with E-state index in [2.05, 4.69) is 26.2 Å². The molecule has 0 fully saturated rings. The molecule has 0 aliphatic heterocycles. The van der Waals surface area contributed by atoms with Gasteiger partial charge in [-0.05, 0) is 17.7 Å². The standard InChI is InChI=1S/C14H15BrN2O2/c1-2-12-8-16-13(19-12)9-17-14(18)11-5-3-10(7-15)4-6-11/h3-6,8H,2,7,9H2,1H3,(H,17,18). The van der Waals surface area contributed by atoms with E-state index < -0.39 is 0 Å². The van der Waals surface area contributed by atoms with Gasteiger partial charge in [-0.15, -0.1) is 0 Å². The van der Waals surface area contributed by atoms with E-state index in [0.29, 0.717) is 18.0 Å². The Morgan fingerprint density at radius 2 is 2.11 bits per heavy atom. The fourth-order valence-electron chi connectivity index (χ4n) is 1.60. The summed E-state index contributed by atoms with van der Waals surface area (Å²) in [6.07, 6.45) is 2.49. The highest BCUT2D eigenvalue weighted by Gasteiger charge is 2.07. The molecule has 0 bridgehead atoms. The second-order valence-corrected chi connectivity index (χ2v) is 4.65. The van der Waals surface area contributed by atoms with Crippen molar-refractivity contribution in [3.8, 4) is 0 Å². The zero-order chi connectivity index (χ0) is 13.7. The minimum atomic E-state index is -0.127. The predicted molar refractivity (Wildman–Crippen MR) is 76.1 cm³/mol. The van der Waals surface area contributed by atoms with Crippen molar-refractivity contribution < 1.29 is 9.21 Å². The van der Waals surface area contributed by atoms with Gasteiger partial charge in [0.15, 0.2) is 0 Å². The number of rotatable bonds is 5. The molecule has 5 heteroatoms. The number of carbonyl (C=O) groups is 1. The number of aromatic nitrogens is 1. The van der Waals surface area contributed by atoms with Gasteiger partial charge in [-0.3, -0.25) is 4.79 Å². The number of hydrogen-bond donors (Lipinski definition) is 1. The van der Waals surface area contributed by atoms with Crippen molar-refractivity contribution in [2.24, 2.45) is 0 Å². The van der Waals surface area contributed by atoms with Crippen molar-refractivity contribution in [3.05, 3.63) is 53.2 Å². The van der Waals surface area contributed by atoms with Crippen molar-refractivity contribution in [1.29, 1.82) is 0 Å². The van der Waals surface area contributed by atoms with Gasteiger partial charge in [-0.1, -0.05) is 35.0 Å². The highest BCUT2D eigenvalue weighted by Crippen LogP contribution is 2.08. The third-order valence-corrected chi connectivity index (χ3v) is 3.37. The van der Waals surface area contributed by atoms with Gasteiger partial charge in [0.25, 0.3) is 5.91 Å². The maximum atomic E-state index is 11.9. The Labute approximate surface area is 120 Å². The number of benzene rings is 1. The van der Waals surface area contributed by atoms with Crippen LogP contribution in [0.5, 0.6) is 0 Å². The smallest absolute Gasteiger partial charge is 0.251 e. The zero-order valence-corrected chi connectivity index (χ0v) is 12.2. The Morgan fingerprint density at radius 1 is 1.37 bits per heavy atom. The summed E-state index contributed by atoms with van der Waals surface area (Å²) in [7, 11) is 0. The Bertz CT molecular complexity index is 549. The largest absolute Gasteiger partial charge is 0.444 e. The molecule has 100 valence electrons. The summed E-state index contributed by atoms with van der Waals surface area (Å²) in [5.74, 6) is 1.23. The van der Waals surface area contributed by atoms with Gasteiger partial charge in [-0.2, -0.15) is 0 Å². The molecule has 2 rings (SSSR count). The summed E-state index contributed by atoms with van der Waals surface area (Å²) in [5, 5.41) is 3.57. The van der Waals surface area contributed by atoms with Crippen LogP contribution >= 0.6 is 15.9 Å². The number of alkyl halides is 1. The fourth-order valence-corrected chi connectivity index (χ4v) is 1.97. The molecular formula is C14H15BrN2O2. The summed E-state index contributed by atoms with van der Waals surface area (Å²) < 4.78 is 5.42. The Hall–Kier alpha value is -1.62.